The minimum atomic E-state index is -0.0213. The molecule has 0 aromatic carbocycles. The molecular weight excluding hydrogens is 392 g/mol. The maximum Gasteiger partial charge on any atom is 0.305 e. The van der Waals surface area contributed by atoms with Crippen LogP contribution < -0.4 is 0 Å². The van der Waals surface area contributed by atoms with Crippen molar-refractivity contribution >= 4 is 5.97 Å². The van der Waals surface area contributed by atoms with Crippen LogP contribution >= 0.6 is 0 Å². The Kier molecular flexibility index (Phi) is 27.1. The maximum absolute atomic E-state index is 11.8. The number of allylic oxidation sites excluding steroid dienone is 3. The maximum atomic E-state index is 11.8. The Labute approximate surface area is 201 Å². The van der Waals surface area contributed by atoms with E-state index in [1.54, 1.807) is 0 Å². The van der Waals surface area contributed by atoms with Crippen LogP contribution in [0.3, 0.4) is 0 Å². The second kappa shape index (κ2) is 28.0. The summed E-state index contributed by atoms with van der Waals surface area (Å²) in [5.41, 5.74) is 0. The third-order valence-corrected chi connectivity index (χ3v) is 6.08. The fourth-order valence-corrected chi connectivity index (χ4v) is 3.93. The number of hydrogen-bond acceptors (Lipinski definition) is 2. The average molecular weight is 449 g/mol. The number of ether oxygens (including phenoxy) is 1. The van der Waals surface area contributed by atoms with E-state index in [4.69, 9.17) is 4.74 Å². The molecule has 0 bridgehead atoms. The summed E-state index contributed by atoms with van der Waals surface area (Å²) in [6, 6.07) is 0. The van der Waals surface area contributed by atoms with Crippen LogP contribution in [0, 0.1) is 0 Å². The monoisotopic (exact) mass is 448 g/mol. The molecule has 0 aliphatic heterocycles. The quantitative estimate of drug-likeness (QED) is 0.0788. The number of hydrogen-bond donors (Lipinski definition) is 0. The number of unbranched alkanes of at least 4 members (excludes halogenated alkanes) is 17. The van der Waals surface area contributed by atoms with Gasteiger partial charge in [0, 0.05) is 6.42 Å². The van der Waals surface area contributed by atoms with Crippen molar-refractivity contribution < 1.29 is 9.53 Å². The van der Waals surface area contributed by atoms with Crippen LogP contribution in [0.1, 0.15) is 155 Å². The van der Waals surface area contributed by atoms with E-state index in [2.05, 4.69) is 38.2 Å². The summed E-state index contributed by atoms with van der Waals surface area (Å²) in [6.45, 7) is 5.07. The molecule has 0 aliphatic rings. The SMILES string of the molecule is CCCCCCCC/C=C\CCOC(=O)CCCCCCC/C=C/CCCCCCCC. The summed E-state index contributed by atoms with van der Waals surface area (Å²) >= 11 is 0. The highest BCUT2D eigenvalue weighted by Gasteiger charge is 2.01. The average Bonchev–Trinajstić information content (AvgIpc) is 2.80. The third-order valence-electron chi connectivity index (χ3n) is 6.08. The summed E-state index contributed by atoms with van der Waals surface area (Å²) in [6.07, 6.45) is 36.5. The Bertz CT molecular complexity index is 425. The van der Waals surface area contributed by atoms with Gasteiger partial charge in [0.2, 0.25) is 0 Å². The summed E-state index contributed by atoms with van der Waals surface area (Å²) < 4.78 is 5.33. The van der Waals surface area contributed by atoms with Gasteiger partial charge in [0.1, 0.15) is 0 Å². The molecule has 0 atom stereocenters. The largest absolute Gasteiger partial charge is 0.465 e. The molecule has 0 amide bonds. The van der Waals surface area contributed by atoms with Crippen molar-refractivity contribution in [1.29, 1.82) is 0 Å². The van der Waals surface area contributed by atoms with E-state index in [9.17, 15) is 4.79 Å². The number of carbonyl (C=O) groups is 1. The van der Waals surface area contributed by atoms with E-state index in [1.807, 2.05) is 0 Å². The lowest BCUT2D eigenvalue weighted by molar-refractivity contribution is -0.143. The second-order valence-electron chi connectivity index (χ2n) is 9.37. The lowest BCUT2D eigenvalue weighted by Crippen LogP contribution is -2.04. The molecule has 0 radical (unpaired) electrons. The summed E-state index contributed by atoms with van der Waals surface area (Å²) in [5, 5.41) is 0. The van der Waals surface area contributed by atoms with Crippen molar-refractivity contribution in [1.82, 2.24) is 0 Å². The van der Waals surface area contributed by atoms with Gasteiger partial charge in [-0.2, -0.15) is 0 Å². The molecule has 0 heterocycles. The van der Waals surface area contributed by atoms with E-state index >= 15 is 0 Å². The van der Waals surface area contributed by atoms with Crippen LogP contribution in [0.25, 0.3) is 0 Å². The highest BCUT2D eigenvalue weighted by Crippen LogP contribution is 2.11. The molecule has 0 N–H and O–H groups in total. The van der Waals surface area contributed by atoms with Gasteiger partial charge in [0.05, 0.1) is 6.61 Å². The molecule has 0 spiro atoms. The zero-order valence-electron chi connectivity index (χ0n) is 21.9. The topological polar surface area (TPSA) is 26.3 Å². The Balaban J connectivity index is 3.26. The fourth-order valence-electron chi connectivity index (χ4n) is 3.93. The van der Waals surface area contributed by atoms with Gasteiger partial charge in [0.15, 0.2) is 0 Å². The van der Waals surface area contributed by atoms with Crippen LogP contribution in [0.15, 0.2) is 24.3 Å². The molecule has 188 valence electrons. The smallest absolute Gasteiger partial charge is 0.305 e. The van der Waals surface area contributed by atoms with Gasteiger partial charge in [-0.1, -0.05) is 122 Å². The molecule has 0 rings (SSSR count). The van der Waals surface area contributed by atoms with Crippen molar-refractivity contribution in [3.8, 4) is 0 Å². The number of rotatable bonds is 25. The van der Waals surface area contributed by atoms with Gasteiger partial charge in [-0.3, -0.25) is 4.79 Å². The van der Waals surface area contributed by atoms with Crippen LogP contribution in [0.5, 0.6) is 0 Å². The Morgan fingerprint density at radius 1 is 0.500 bits per heavy atom. The predicted molar refractivity (Wildman–Crippen MR) is 142 cm³/mol. The first kappa shape index (κ1) is 30.9. The molecule has 0 saturated carbocycles. The zero-order valence-corrected chi connectivity index (χ0v) is 21.9. The molecule has 0 unspecified atom stereocenters. The summed E-state index contributed by atoms with van der Waals surface area (Å²) in [5.74, 6) is -0.0213. The molecule has 32 heavy (non-hydrogen) atoms. The fraction of sp³-hybridized carbons (Fsp3) is 0.833. The van der Waals surface area contributed by atoms with Gasteiger partial charge in [-0.25, -0.2) is 0 Å². The highest BCUT2D eigenvalue weighted by molar-refractivity contribution is 5.69. The number of esters is 1. The predicted octanol–water partition coefficient (Wildman–Crippen LogP) is 10.3. The molecular formula is C30H56O2. The highest BCUT2D eigenvalue weighted by atomic mass is 16.5. The van der Waals surface area contributed by atoms with Gasteiger partial charge < -0.3 is 4.74 Å². The number of carbonyl (C=O) groups excluding carboxylic acids is 1. The Morgan fingerprint density at radius 2 is 0.875 bits per heavy atom. The van der Waals surface area contributed by atoms with E-state index in [0.717, 1.165) is 25.7 Å². The molecule has 0 saturated heterocycles. The van der Waals surface area contributed by atoms with Gasteiger partial charge in [-0.15, -0.1) is 0 Å². The van der Waals surface area contributed by atoms with E-state index in [-0.39, 0.29) is 5.97 Å². The first-order valence-electron chi connectivity index (χ1n) is 14.3. The Hall–Kier alpha value is -1.05. The molecule has 2 heteroatoms. The van der Waals surface area contributed by atoms with E-state index in [0.29, 0.717) is 13.0 Å². The molecule has 0 aromatic rings. The van der Waals surface area contributed by atoms with Gasteiger partial charge in [0.25, 0.3) is 0 Å². The minimum absolute atomic E-state index is 0.0213. The van der Waals surface area contributed by atoms with Crippen molar-refractivity contribution in [3.05, 3.63) is 24.3 Å². The molecule has 0 aliphatic carbocycles. The van der Waals surface area contributed by atoms with Crippen LogP contribution in [0.2, 0.25) is 0 Å². The van der Waals surface area contributed by atoms with Gasteiger partial charge >= 0.3 is 5.97 Å². The van der Waals surface area contributed by atoms with Crippen molar-refractivity contribution in [2.45, 2.75) is 155 Å². The first-order valence-corrected chi connectivity index (χ1v) is 14.3. The first-order chi connectivity index (χ1) is 15.8. The molecule has 2 nitrogen and oxygen atoms in total. The summed E-state index contributed by atoms with van der Waals surface area (Å²) in [7, 11) is 0. The standard InChI is InChI=1S/C30H56O2/c1-3-5-7-9-11-13-15-16-17-18-19-20-22-24-26-28-30(31)32-29-27-25-23-21-14-12-10-8-6-4-2/h16-17,23,25H,3-15,18-22,24,26-29H2,1-2H3/b17-16+,25-23-. The van der Waals surface area contributed by atoms with E-state index in [1.165, 1.54) is 109 Å². The van der Waals surface area contributed by atoms with Crippen molar-refractivity contribution in [2.75, 3.05) is 6.61 Å². The van der Waals surface area contributed by atoms with Crippen LogP contribution in [0.4, 0.5) is 0 Å². The molecule has 0 fully saturated rings. The lowest BCUT2D eigenvalue weighted by Gasteiger charge is -2.03. The lowest BCUT2D eigenvalue weighted by atomic mass is 10.1. The molecule has 0 aromatic heterocycles. The van der Waals surface area contributed by atoms with Crippen molar-refractivity contribution in [2.24, 2.45) is 0 Å². The van der Waals surface area contributed by atoms with Gasteiger partial charge in [-0.05, 0) is 51.4 Å². The normalized spacial score (nSPS) is 11.7. The van der Waals surface area contributed by atoms with Crippen LogP contribution in [-0.4, -0.2) is 12.6 Å². The summed E-state index contributed by atoms with van der Waals surface area (Å²) in [4.78, 5) is 11.8. The van der Waals surface area contributed by atoms with Crippen molar-refractivity contribution in [3.63, 3.8) is 0 Å². The Morgan fingerprint density at radius 3 is 1.34 bits per heavy atom. The zero-order chi connectivity index (χ0) is 23.4. The second-order valence-corrected chi connectivity index (χ2v) is 9.37. The minimum Gasteiger partial charge on any atom is -0.465 e. The van der Waals surface area contributed by atoms with E-state index < -0.39 is 0 Å². The van der Waals surface area contributed by atoms with Crippen LogP contribution in [-0.2, 0) is 9.53 Å². The third kappa shape index (κ3) is 27.0.